The Hall–Kier alpha value is -3.10. The first-order valence-corrected chi connectivity index (χ1v) is 10.6. The van der Waals surface area contributed by atoms with Gasteiger partial charge < -0.3 is 10.1 Å². The first kappa shape index (κ1) is 19.2. The minimum atomic E-state index is -0.146. The van der Waals surface area contributed by atoms with Crippen LogP contribution in [0, 0.1) is 6.92 Å². The topological polar surface area (TPSA) is 77.0 Å². The Labute approximate surface area is 176 Å². The van der Waals surface area contributed by atoms with Gasteiger partial charge in [0.15, 0.2) is 0 Å². The third-order valence-electron chi connectivity index (χ3n) is 4.27. The summed E-state index contributed by atoms with van der Waals surface area (Å²) in [5.74, 6) is 0.643. The number of methoxy groups -OCH3 is 1. The van der Waals surface area contributed by atoms with Crippen molar-refractivity contribution in [3.05, 3.63) is 70.4 Å². The number of hydrogen-bond donors (Lipinski definition) is 1. The van der Waals surface area contributed by atoms with Gasteiger partial charge in [0.25, 0.3) is 5.91 Å². The second-order valence-electron chi connectivity index (χ2n) is 6.22. The highest BCUT2D eigenvalue weighted by Crippen LogP contribution is 2.31. The Bertz CT molecular complexity index is 1120. The van der Waals surface area contributed by atoms with E-state index in [4.69, 9.17) is 4.74 Å². The number of nitrogens with zero attached hydrogens (tertiary/aromatic N) is 3. The lowest BCUT2D eigenvalue weighted by atomic mass is 10.1. The summed E-state index contributed by atoms with van der Waals surface area (Å²) in [6, 6.07) is 13.5. The summed E-state index contributed by atoms with van der Waals surface area (Å²) >= 11 is 3.02. The van der Waals surface area contributed by atoms with Crippen molar-refractivity contribution in [1.82, 2.24) is 20.3 Å². The molecule has 0 unspecified atom stereocenters. The van der Waals surface area contributed by atoms with Crippen molar-refractivity contribution in [2.45, 2.75) is 13.5 Å². The number of carbonyl (C=O) groups is 1. The molecular weight excluding hydrogens is 404 g/mol. The van der Waals surface area contributed by atoms with E-state index in [0.29, 0.717) is 11.4 Å². The van der Waals surface area contributed by atoms with Gasteiger partial charge in [-0.2, -0.15) is 0 Å². The fourth-order valence-electron chi connectivity index (χ4n) is 2.78. The van der Waals surface area contributed by atoms with E-state index in [1.54, 1.807) is 18.4 Å². The Morgan fingerprint density at radius 2 is 2.00 bits per heavy atom. The van der Waals surface area contributed by atoms with Crippen molar-refractivity contribution in [2.75, 3.05) is 7.11 Å². The summed E-state index contributed by atoms with van der Waals surface area (Å²) in [6.07, 6.45) is 1.51. The number of nitrogens with one attached hydrogen (secondary N) is 1. The molecule has 1 aromatic carbocycles. The van der Waals surface area contributed by atoms with Crippen LogP contribution in [0.2, 0.25) is 0 Å². The van der Waals surface area contributed by atoms with Crippen molar-refractivity contribution in [2.24, 2.45) is 0 Å². The van der Waals surface area contributed by atoms with Gasteiger partial charge in [-0.3, -0.25) is 4.79 Å². The number of thiazole rings is 1. The third-order valence-corrected chi connectivity index (χ3v) is 6.47. The summed E-state index contributed by atoms with van der Waals surface area (Å²) in [5, 5.41) is 5.80. The van der Waals surface area contributed by atoms with Gasteiger partial charge in [-0.05, 0) is 48.7 Å². The molecule has 0 saturated carbocycles. The van der Waals surface area contributed by atoms with Crippen molar-refractivity contribution in [3.63, 3.8) is 0 Å². The molecule has 0 atom stereocenters. The average molecular weight is 423 g/mol. The van der Waals surface area contributed by atoms with Crippen molar-refractivity contribution in [1.29, 1.82) is 0 Å². The molecule has 0 aliphatic carbocycles. The van der Waals surface area contributed by atoms with E-state index in [1.165, 1.54) is 17.7 Å². The van der Waals surface area contributed by atoms with Crippen LogP contribution >= 0.6 is 22.7 Å². The van der Waals surface area contributed by atoms with Gasteiger partial charge in [-0.1, -0.05) is 6.07 Å². The quantitative estimate of drug-likeness (QED) is 0.492. The molecule has 1 N–H and O–H groups in total. The molecule has 0 saturated heterocycles. The fourth-order valence-corrected chi connectivity index (χ4v) is 4.56. The van der Waals surface area contributed by atoms with Gasteiger partial charge >= 0.3 is 0 Å². The van der Waals surface area contributed by atoms with Crippen LogP contribution in [0.4, 0.5) is 0 Å². The van der Waals surface area contributed by atoms with E-state index >= 15 is 0 Å². The number of aromatic nitrogens is 3. The van der Waals surface area contributed by atoms with Gasteiger partial charge in [0.2, 0.25) is 0 Å². The van der Waals surface area contributed by atoms with Crippen LogP contribution in [-0.4, -0.2) is 28.0 Å². The first-order valence-electron chi connectivity index (χ1n) is 8.89. The number of amides is 1. The Morgan fingerprint density at radius 1 is 1.17 bits per heavy atom. The van der Waals surface area contributed by atoms with Crippen LogP contribution in [0.25, 0.3) is 21.1 Å². The summed E-state index contributed by atoms with van der Waals surface area (Å²) < 4.78 is 5.19. The van der Waals surface area contributed by atoms with E-state index < -0.39 is 0 Å². The van der Waals surface area contributed by atoms with Gasteiger partial charge in [0, 0.05) is 5.56 Å². The fraction of sp³-hybridized carbons (Fsp3) is 0.143. The summed E-state index contributed by atoms with van der Waals surface area (Å²) in [4.78, 5) is 27.5. The number of hydrogen-bond acceptors (Lipinski definition) is 7. The molecular formula is C21H18N4O2S2. The maximum Gasteiger partial charge on any atom is 0.263 e. The molecule has 29 heavy (non-hydrogen) atoms. The van der Waals surface area contributed by atoms with E-state index in [9.17, 15) is 4.79 Å². The number of benzene rings is 1. The predicted octanol–water partition coefficient (Wildman–Crippen LogP) is 4.58. The zero-order chi connectivity index (χ0) is 20.2. The highest BCUT2D eigenvalue weighted by molar-refractivity contribution is 7.22. The predicted molar refractivity (Wildman–Crippen MR) is 115 cm³/mol. The van der Waals surface area contributed by atoms with Crippen LogP contribution in [0.5, 0.6) is 5.75 Å². The SMILES string of the molecule is COc1ccc(-c2cc(CNC(=O)c3sc(-c4cccs4)nc3C)ncn2)cc1. The van der Waals surface area contributed by atoms with Crippen LogP contribution in [0.1, 0.15) is 21.1 Å². The number of aryl methyl sites for hydroxylation is 1. The molecule has 0 aliphatic rings. The second-order valence-corrected chi connectivity index (χ2v) is 8.16. The molecule has 3 heterocycles. The van der Waals surface area contributed by atoms with E-state index in [2.05, 4.69) is 20.3 Å². The number of ether oxygens (including phenoxy) is 1. The lowest BCUT2D eigenvalue weighted by molar-refractivity contribution is 0.0953. The molecule has 1 amide bonds. The van der Waals surface area contributed by atoms with Crippen LogP contribution in [0.15, 0.2) is 54.2 Å². The maximum absolute atomic E-state index is 12.7. The molecule has 3 aromatic heterocycles. The maximum atomic E-state index is 12.7. The first-order chi connectivity index (χ1) is 14.1. The zero-order valence-electron chi connectivity index (χ0n) is 15.9. The molecule has 0 spiro atoms. The van der Waals surface area contributed by atoms with Crippen LogP contribution in [0.3, 0.4) is 0 Å². The number of carbonyl (C=O) groups excluding carboxylic acids is 1. The second kappa shape index (κ2) is 8.50. The highest BCUT2D eigenvalue weighted by Gasteiger charge is 2.16. The number of rotatable bonds is 6. The van der Waals surface area contributed by atoms with Crippen LogP contribution < -0.4 is 10.1 Å². The van der Waals surface area contributed by atoms with Crippen molar-refractivity contribution >= 4 is 28.6 Å². The molecule has 0 bridgehead atoms. The molecule has 6 nitrogen and oxygen atoms in total. The molecule has 0 fully saturated rings. The van der Waals surface area contributed by atoms with Gasteiger partial charge in [-0.25, -0.2) is 15.0 Å². The largest absolute Gasteiger partial charge is 0.497 e. The van der Waals surface area contributed by atoms with E-state index in [0.717, 1.165) is 38.3 Å². The van der Waals surface area contributed by atoms with Gasteiger partial charge in [0.1, 0.15) is 22.0 Å². The molecule has 4 rings (SSSR count). The molecule has 8 heteroatoms. The monoisotopic (exact) mass is 422 g/mol. The minimum Gasteiger partial charge on any atom is -0.497 e. The summed E-state index contributed by atoms with van der Waals surface area (Å²) in [7, 11) is 1.63. The average Bonchev–Trinajstić information content (AvgIpc) is 3.42. The third kappa shape index (κ3) is 4.33. The van der Waals surface area contributed by atoms with Gasteiger partial charge in [-0.15, -0.1) is 22.7 Å². The van der Waals surface area contributed by atoms with E-state index in [1.807, 2.05) is 54.8 Å². The Kier molecular flexibility index (Phi) is 5.64. The van der Waals surface area contributed by atoms with Crippen molar-refractivity contribution in [3.8, 4) is 26.9 Å². The zero-order valence-corrected chi connectivity index (χ0v) is 17.5. The Morgan fingerprint density at radius 3 is 2.72 bits per heavy atom. The van der Waals surface area contributed by atoms with Crippen LogP contribution in [-0.2, 0) is 6.54 Å². The van der Waals surface area contributed by atoms with E-state index in [-0.39, 0.29) is 5.91 Å². The lowest BCUT2D eigenvalue weighted by Crippen LogP contribution is -2.23. The lowest BCUT2D eigenvalue weighted by Gasteiger charge is -2.06. The minimum absolute atomic E-state index is 0.146. The standard InChI is InChI=1S/C21H18N4O2S2/c1-13-19(29-21(25-13)18-4-3-9-28-18)20(26)22-11-15-10-17(24-12-23-15)14-5-7-16(27-2)8-6-14/h3-10,12H,11H2,1-2H3,(H,22,26). The Balaban J connectivity index is 1.46. The van der Waals surface area contributed by atoms with Gasteiger partial charge in [0.05, 0.1) is 35.6 Å². The molecule has 0 radical (unpaired) electrons. The smallest absolute Gasteiger partial charge is 0.263 e. The molecule has 4 aromatic rings. The molecule has 0 aliphatic heterocycles. The van der Waals surface area contributed by atoms with Crippen molar-refractivity contribution < 1.29 is 9.53 Å². The highest BCUT2D eigenvalue weighted by atomic mass is 32.1. The normalized spacial score (nSPS) is 10.7. The summed E-state index contributed by atoms with van der Waals surface area (Å²) in [6.45, 7) is 2.17. The summed E-state index contributed by atoms with van der Waals surface area (Å²) in [5.41, 5.74) is 3.22. The molecule has 146 valence electrons. The number of thiophene rings is 1.